The Kier molecular flexibility index (Phi) is 5.33. The third-order valence-corrected chi connectivity index (χ3v) is 4.32. The highest BCUT2D eigenvalue weighted by Gasteiger charge is 2.20. The maximum atomic E-state index is 12.2. The van der Waals surface area contributed by atoms with E-state index in [0.29, 0.717) is 5.56 Å². The molecular formula is C15H13N3O7S. The van der Waals surface area contributed by atoms with E-state index >= 15 is 0 Å². The summed E-state index contributed by atoms with van der Waals surface area (Å²) in [6.45, 7) is -0.0141. The molecule has 0 saturated carbocycles. The SMILES string of the molecule is NS(=O)(=O)c1ccc(CNC(=O)c2ccc([N+](=O)[O-])cc2C(=O)O)cc1. The monoisotopic (exact) mass is 379 g/mol. The van der Waals surface area contributed by atoms with Gasteiger partial charge in [-0.3, -0.25) is 14.9 Å². The largest absolute Gasteiger partial charge is 0.478 e. The lowest BCUT2D eigenvalue weighted by atomic mass is 10.1. The summed E-state index contributed by atoms with van der Waals surface area (Å²) < 4.78 is 22.4. The molecule has 0 aliphatic carbocycles. The van der Waals surface area contributed by atoms with Crippen LogP contribution in [0.5, 0.6) is 0 Å². The number of sulfonamides is 1. The number of rotatable bonds is 6. The summed E-state index contributed by atoms with van der Waals surface area (Å²) >= 11 is 0. The maximum Gasteiger partial charge on any atom is 0.336 e. The van der Waals surface area contributed by atoms with Gasteiger partial charge in [0.25, 0.3) is 11.6 Å². The van der Waals surface area contributed by atoms with Gasteiger partial charge in [0.2, 0.25) is 10.0 Å². The number of carboxylic acids is 1. The molecule has 0 spiro atoms. The number of benzene rings is 2. The van der Waals surface area contributed by atoms with Crippen molar-refractivity contribution < 1.29 is 28.0 Å². The Morgan fingerprint density at radius 2 is 1.73 bits per heavy atom. The number of amides is 1. The van der Waals surface area contributed by atoms with Crippen LogP contribution in [0.25, 0.3) is 0 Å². The molecule has 0 aliphatic rings. The Bertz CT molecular complexity index is 985. The molecule has 2 aromatic rings. The number of hydrogen-bond donors (Lipinski definition) is 3. The van der Waals surface area contributed by atoms with E-state index in [2.05, 4.69) is 5.32 Å². The quantitative estimate of drug-likeness (QED) is 0.494. The first kappa shape index (κ1) is 19.0. The van der Waals surface area contributed by atoms with E-state index in [9.17, 15) is 28.1 Å². The van der Waals surface area contributed by atoms with Crippen LogP contribution in [0.2, 0.25) is 0 Å². The summed E-state index contributed by atoms with van der Waals surface area (Å²) in [6, 6.07) is 8.31. The van der Waals surface area contributed by atoms with Crippen LogP contribution in [0.4, 0.5) is 5.69 Å². The highest BCUT2D eigenvalue weighted by molar-refractivity contribution is 7.89. The molecule has 0 atom stereocenters. The van der Waals surface area contributed by atoms with E-state index in [1.807, 2.05) is 0 Å². The third-order valence-electron chi connectivity index (χ3n) is 3.39. The molecule has 0 aromatic heterocycles. The summed E-state index contributed by atoms with van der Waals surface area (Å²) in [4.78, 5) is 33.3. The van der Waals surface area contributed by atoms with Crippen LogP contribution in [-0.4, -0.2) is 30.3 Å². The summed E-state index contributed by atoms with van der Waals surface area (Å²) in [5.74, 6) is -2.22. The van der Waals surface area contributed by atoms with E-state index in [1.54, 1.807) is 0 Å². The molecule has 0 heterocycles. The first-order valence-corrected chi connectivity index (χ1v) is 8.56. The van der Waals surface area contributed by atoms with Gasteiger partial charge in [0.1, 0.15) is 0 Å². The molecular weight excluding hydrogens is 366 g/mol. The Morgan fingerprint density at radius 1 is 1.12 bits per heavy atom. The smallest absolute Gasteiger partial charge is 0.336 e. The second-order valence-corrected chi connectivity index (χ2v) is 6.73. The molecule has 2 rings (SSSR count). The molecule has 0 fully saturated rings. The van der Waals surface area contributed by atoms with Crippen molar-refractivity contribution in [2.45, 2.75) is 11.4 Å². The number of nitrogens with zero attached hydrogens (tertiary/aromatic N) is 1. The third kappa shape index (κ3) is 4.40. The van der Waals surface area contributed by atoms with E-state index in [0.717, 1.165) is 18.2 Å². The first-order chi connectivity index (χ1) is 12.1. The van der Waals surface area contributed by atoms with Crippen molar-refractivity contribution in [1.29, 1.82) is 0 Å². The Hall–Kier alpha value is -3.31. The van der Waals surface area contributed by atoms with Gasteiger partial charge in [-0.25, -0.2) is 18.4 Å². The molecule has 0 aliphatic heterocycles. The van der Waals surface area contributed by atoms with Gasteiger partial charge < -0.3 is 10.4 Å². The lowest BCUT2D eigenvalue weighted by Gasteiger charge is -2.08. The van der Waals surface area contributed by atoms with Gasteiger partial charge in [0.05, 0.1) is 20.9 Å². The number of carbonyl (C=O) groups excluding carboxylic acids is 1. The molecule has 136 valence electrons. The van der Waals surface area contributed by atoms with Crippen molar-refractivity contribution in [2.24, 2.45) is 5.14 Å². The van der Waals surface area contributed by atoms with Crippen LogP contribution in [0, 0.1) is 10.1 Å². The fourth-order valence-corrected chi connectivity index (χ4v) is 2.61. The molecule has 1 amide bonds. The molecule has 2 aromatic carbocycles. The minimum atomic E-state index is -3.83. The van der Waals surface area contributed by atoms with Crippen LogP contribution in [0.3, 0.4) is 0 Å². The number of carboxylic acid groups (broad SMARTS) is 1. The van der Waals surface area contributed by atoms with Crippen molar-refractivity contribution in [3.63, 3.8) is 0 Å². The summed E-state index contributed by atoms with van der Waals surface area (Å²) in [5.41, 5.74) is -0.632. The van der Waals surface area contributed by atoms with Crippen LogP contribution >= 0.6 is 0 Å². The fourth-order valence-electron chi connectivity index (χ4n) is 2.10. The zero-order valence-electron chi connectivity index (χ0n) is 13.1. The predicted molar refractivity (Wildman–Crippen MR) is 89.0 cm³/mol. The molecule has 0 bridgehead atoms. The van der Waals surface area contributed by atoms with Gasteiger partial charge in [0.15, 0.2) is 0 Å². The number of non-ortho nitro benzene ring substituents is 1. The number of primary sulfonamides is 1. The van der Waals surface area contributed by atoms with Gasteiger partial charge in [-0.15, -0.1) is 0 Å². The molecule has 4 N–H and O–H groups in total. The van der Waals surface area contributed by atoms with Gasteiger partial charge in [0, 0.05) is 18.7 Å². The second kappa shape index (κ2) is 7.29. The average molecular weight is 379 g/mol. The molecule has 0 radical (unpaired) electrons. The maximum absolute atomic E-state index is 12.2. The van der Waals surface area contributed by atoms with Crippen LogP contribution in [0.1, 0.15) is 26.3 Å². The van der Waals surface area contributed by atoms with Crippen molar-refractivity contribution >= 4 is 27.6 Å². The fraction of sp³-hybridized carbons (Fsp3) is 0.0667. The molecule has 10 nitrogen and oxygen atoms in total. The normalized spacial score (nSPS) is 11.0. The summed E-state index contributed by atoms with van der Waals surface area (Å²) in [6.07, 6.45) is 0. The summed E-state index contributed by atoms with van der Waals surface area (Å²) in [5, 5.41) is 27.3. The topological polar surface area (TPSA) is 170 Å². The lowest BCUT2D eigenvalue weighted by molar-refractivity contribution is -0.384. The van der Waals surface area contributed by atoms with Crippen LogP contribution < -0.4 is 10.5 Å². The minimum Gasteiger partial charge on any atom is -0.478 e. The van der Waals surface area contributed by atoms with E-state index in [4.69, 9.17) is 10.2 Å². The summed E-state index contributed by atoms with van der Waals surface area (Å²) in [7, 11) is -3.83. The van der Waals surface area contributed by atoms with Gasteiger partial charge >= 0.3 is 5.97 Å². The van der Waals surface area contributed by atoms with Crippen LogP contribution in [-0.2, 0) is 16.6 Å². The van der Waals surface area contributed by atoms with Crippen molar-refractivity contribution in [1.82, 2.24) is 5.32 Å². The molecule has 0 saturated heterocycles. The Labute approximate surface area is 147 Å². The van der Waals surface area contributed by atoms with E-state index in [-0.39, 0.29) is 17.0 Å². The van der Waals surface area contributed by atoms with Crippen LogP contribution in [0.15, 0.2) is 47.4 Å². The minimum absolute atomic E-state index is 0.0141. The Morgan fingerprint density at radius 3 is 2.23 bits per heavy atom. The highest BCUT2D eigenvalue weighted by atomic mass is 32.2. The predicted octanol–water partition coefficient (Wildman–Crippen LogP) is 0.870. The number of carbonyl (C=O) groups is 2. The van der Waals surface area contributed by atoms with Gasteiger partial charge in [-0.1, -0.05) is 12.1 Å². The van der Waals surface area contributed by atoms with Crippen molar-refractivity contribution in [3.05, 3.63) is 69.3 Å². The first-order valence-electron chi connectivity index (χ1n) is 7.01. The molecule has 0 unspecified atom stereocenters. The van der Waals surface area contributed by atoms with Crippen molar-refractivity contribution in [3.8, 4) is 0 Å². The number of aromatic carboxylic acids is 1. The zero-order valence-corrected chi connectivity index (χ0v) is 13.9. The van der Waals surface area contributed by atoms with Crippen molar-refractivity contribution in [2.75, 3.05) is 0 Å². The zero-order chi connectivity index (χ0) is 19.5. The highest BCUT2D eigenvalue weighted by Crippen LogP contribution is 2.18. The average Bonchev–Trinajstić information content (AvgIpc) is 2.58. The number of nitrogens with two attached hydrogens (primary N) is 1. The standard InChI is InChI=1S/C15H13N3O7S/c16-26(24,25)11-4-1-9(2-5-11)8-17-14(19)12-6-3-10(18(22)23)7-13(12)15(20)21/h1-7H,8H2,(H,17,19)(H,20,21)(H2,16,24,25). The van der Waals surface area contributed by atoms with Gasteiger partial charge in [-0.2, -0.15) is 0 Å². The Balaban J connectivity index is 2.17. The number of nitro groups is 1. The number of hydrogen-bond acceptors (Lipinski definition) is 6. The van der Waals surface area contributed by atoms with E-state index < -0.39 is 38.1 Å². The van der Waals surface area contributed by atoms with Gasteiger partial charge in [-0.05, 0) is 23.8 Å². The lowest BCUT2D eigenvalue weighted by Crippen LogP contribution is -2.25. The second-order valence-electron chi connectivity index (χ2n) is 5.16. The number of nitrogens with one attached hydrogen (secondary N) is 1. The van der Waals surface area contributed by atoms with E-state index in [1.165, 1.54) is 24.3 Å². The molecule has 26 heavy (non-hydrogen) atoms. The number of nitro benzene ring substituents is 1. The molecule has 11 heteroatoms.